The number of H-pyrrole nitrogens is 1. The van der Waals surface area contributed by atoms with Crippen LogP contribution in [0.15, 0.2) is 29.3 Å². The molecular weight excluding hydrogens is 228 g/mol. The van der Waals surface area contributed by atoms with Crippen LogP contribution < -0.4 is 0 Å². The van der Waals surface area contributed by atoms with Gasteiger partial charge in [0, 0.05) is 11.6 Å². The molecule has 1 N–H and O–H groups in total. The lowest BCUT2D eigenvalue weighted by molar-refractivity contribution is 0.398. The zero-order valence-corrected chi connectivity index (χ0v) is 9.21. The van der Waals surface area contributed by atoms with E-state index in [0.717, 1.165) is 7.11 Å². The highest BCUT2D eigenvalue weighted by Crippen LogP contribution is 2.25. The molecule has 0 aliphatic rings. The Hall–Kier alpha value is -1.84. The summed E-state index contributed by atoms with van der Waals surface area (Å²) in [4.78, 5) is 2.83. The van der Waals surface area contributed by atoms with E-state index in [9.17, 15) is 8.42 Å². The highest BCUT2D eigenvalue weighted by atomic mass is 32.2. The van der Waals surface area contributed by atoms with Crippen LogP contribution in [0.25, 0.3) is 10.9 Å². The highest BCUT2D eigenvalue weighted by Gasteiger charge is 2.18. The summed E-state index contributed by atoms with van der Waals surface area (Å²) in [7, 11) is -2.66. The molecule has 1 aromatic carbocycles. The number of hydrogen-bond acceptors (Lipinski definition) is 4. The average Bonchev–Trinajstić information content (AvgIpc) is 2.76. The molecule has 0 aliphatic carbocycles. The molecule has 1 heterocycles. The Bertz CT molecular complexity index is 680. The van der Waals surface area contributed by atoms with E-state index in [1.807, 2.05) is 6.07 Å². The van der Waals surface area contributed by atoms with Crippen LogP contribution in [-0.2, 0) is 14.3 Å². The van der Waals surface area contributed by atoms with Crippen molar-refractivity contribution in [1.29, 1.82) is 5.26 Å². The van der Waals surface area contributed by atoms with Gasteiger partial charge in [-0.15, -0.1) is 0 Å². The van der Waals surface area contributed by atoms with Crippen LogP contribution in [0.4, 0.5) is 0 Å². The van der Waals surface area contributed by atoms with Crippen LogP contribution in [0.1, 0.15) is 5.56 Å². The third kappa shape index (κ3) is 1.46. The molecule has 0 bridgehead atoms. The van der Waals surface area contributed by atoms with Crippen molar-refractivity contribution in [1.82, 2.24) is 4.98 Å². The van der Waals surface area contributed by atoms with Crippen LogP contribution in [0.5, 0.6) is 0 Å². The van der Waals surface area contributed by atoms with Crippen LogP contribution in [-0.4, -0.2) is 20.5 Å². The minimum Gasteiger partial charge on any atom is -0.360 e. The van der Waals surface area contributed by atoms with Gasteiger partial charge in [-0.25, -0.2) is 0 Å². The summed E-state index contributed by atoms with van der Waals surface area (Å²) in [5.74, 6) is 0. The summed E-state index contributed by atoms with van der Waals surface area (Å²) in [6.45, 7) is 0. The maximum Gasteiger partial charge on any atom is 0.298 e. The van der Waals surface area contributed by atoms with Crippen molar-refractivity contribution in [2.75, 3.05) is 7.11 Å². The number of rotatable bonds is 2. The Balaban J connectivity index is 2.86. The maximum absolute atomic E-state index is 11.6. The number of benzene rings is 1. The fraction of sp³-hybridized carbons (Fsp3) is 0.100. The number of aromatic nitrogens is 1. The number of nitrogens with one attached hydrogen (secondary N) is 1. The molecule has 0 spiro atoms. The van der Waals surface area contributed by atoms with Gasteiger partial charge in [0.1, 0.15) is 4.90 Å². The van der Waals surface area contributed by atoms with Crippen molar-refractivity contribution >= 4 is 21.0 Å². The smallest absolute Gasteiger partial charge is 0.298 e. The molecule has 0 fully saturated rings. The minimum atomic E-state index is -3.76. The Morgan fingerprint density at radius 1 is 1.38 bits per heavy atom. The maximum atomic E-state index is 11.6. The van der Waals surface area contributed by atoms with Crippen molar-refractivity contribution in [3.8, 4) is 6.07 Å². The van der Waals surface area contributed by atoms with Gasteiger partial charge >= 0.3 is 0 Å². The van der Waals surface area contributed by atoms with Gasteiger partial charge in [-0.05, 0) is 18.2 Å². The van der Waals surface area contributed by atoms with E-state index in [0.29, 0.717) is 16.5 Å². The van der Waals surface area contributed by atoms with E-state index in [1.54, 1.807) is 12.3 Å². The minimum absolute atomic E-state index is 0.0361. The first-order chi connectivity index (χ1) is 7.60. The zero-order valence-electron chi connectivity index (χ0n) is 8.39. The summed E-state index contributed by atoms with van der Waals surface area (Å²) in [5, 5.41) is 9.43. The molecule has 0 saturated carbocycles. The van der Waals surface area contributed by atoms with E-state index >= 15 is 0 Å². The van der Waals surface area contributed by atoms with Crippen molar-refractivity contribution in [3.05, 3.63) is 30.0 Å². The Labute approximate surface area is 92.4 Å². The predicted molar refractivity (Wildman–Crippen MR) is 57.2 cm³/mol. The highest BCUT2D eigenvalue weighted by molar-refractivity contribution is 7.87. The number of nitriles is 1. The van der Waals surface area contributed by atoms with Gasteiger partial charge in [-0.1, -0.05) is 0 Å². The van der Waals surface area contributed by atoms with Gasteiger partial charge in [-0.2, -0.15) is 13.7 Å². The van der Waals surface area contributed by atoms with E-state index in [4.69, 9.17) is 5.26 Å². The molecule has 82 valence electrons. The van der Waals surface area contributed by atoms with E-state index < -0.39 is 10.1 Å². The Morgan fingerprint density at radius 3 is 2.75 bits per heavy atom. The average molecular weight is 236 g/mol. The summed E-state index contributed by atoms with van der Waals surface area (Å²) in [5.41, 5.74) is 0.812. The van der Waals surface area contributed by atoms with E-state index in [-0.39, 0.29) is 4.90 Å². The van der Waals surface area contributed by atoms with Crippen molar-refractivity contribution in [2.45, 2.75) is 4.90 Å². The molecule has 0 atom stereocenters. The molecule has 2 aromatic rings. The zero-order chi connectivity index (χ0) is 11.8. The van der Waals surface area contributed by atoms with Crippen molar-refractivity contribution in [3.63, 3.8) is 0 Å². The molecule has 6 heteroatoms. The molecule has 5 nitrogen and oxygen atoms in total. The van der Waals surface area contributed by atoms with E-state index in [2.05, 4.69) is 9.17 Å². The predicted octanol–water partition coefficient (Wildman–Crippen LogP) is 1.37. The standard InChI is InChI=1S/C10H8N2O3S/c1-15-16(13,14)9-3-2-7(6-11)8-4-5-12-10(8)9/h2-5,12H,1H3. The van der Waals surface area contributed by atoms with Crippen molar-refractivity contribution in [2.24, 2.45) is 0 Å². The second kappa shape index (κ2) is 3.63. The Morgan fingerprint density at radius 2 is 2.12 bits per heavy atom. The summed E-state index contributed by atoms with van der Waals surface area (Å²) in [6.07, 6.45) is 1.58. The molecule has 0 aliphatic heterocycles. The van der Waals surface area contributed by atoms with Gasteiger partial charge in [0.15, 0.2) is 0 Å². The SMILES string of the molecule is COS(=O)(=O)c1ccc(C#N)c2cc[nH]c12. The first-order valence-electron chi connectivity index (χ1n) is 4.41. The number of aromatic amines is 1. The first-order valence-corrected chi connectivity index (χ1v) is 5.82. The topological polar surface area (TPSA) is 82.9 Å². The van der Waals surface area contributed by atoms with Crippen LogP contribution in [0.2, 0.25) is 0 Å². The van der Waals surface area contributed by atoms with E-state index in [1.165, 1.54) is 12.1 Å². The molecule has 16 heavy (non-hydrogen) atoms. The third-order valence-electron chi connectivity index (χ3n) is 2.29. The van der Waals surface area contributed by atoms with Gasteiger partial charge in [0.2, 0.25) is 0 Å². The lowest BCUT2D eigenvalue weighted by Crippen LogP contribution is -2.03. The van der Waals surface area contributed by atoms with Gasteiger partial charge in [0.25, 0.3) is 10.1 Å². The number of hydrogen-bond donors (Lipinski definition) is 1. The molecule has 1 aromatic heterocycles. The summed E-state index contributed by atoms with van der Waals surface area (Å²) < 4.78 is 27.6. The Kier molecular flexibility index (Phi) is 2.42. The molecule has 0 saturated heterocycles. The lowest BCUT2D eigenvalue weighted by atomic mass is 10.1. The number of fused-ring (bicyclic) bond motifs is 1. The summed E-state index contributed by atoms with van der Waals surface area (Å²) >= 11 is 0. The second-order valence-electron chi connectivity index (χ2n) is 3.11. The largest absolute Gasteiger partial charge is 0.360 e. The first kappa shape index (κ1) is 10.7. The third-order valence-corrected chi connectivity index (χ3v) is 3.61. The quantitative estimate of drug-likeness (QED) is 0.798. The summed E-state index contributed by atoms with van der Waals surface area (Å²) in [6, 6.07) is 6.47. The molecular formula is C10H8N2O3S. The van der Waals surface area contributed by atoms with Crippen molar-refractivity contribution < 1.29 is 12.6 Å². The molecule has 0 unspecified atom stereocenters. The monoisotopic (exact) mass is 236 g/mol. The van der Waals surface area contributed by atoms with Crippen LogP contribution in [0.3, 0.4) is 0 Å². The fourth-order valence-electron chi connectivity index (χ4n) is 1.53. The van der Waals surface area contributed by atoms with Crippen LogP contribution >= 0.6 is 0 Å². The van der Waals surface area contributed by atoms with Gasteiger partial charge < -0.3 is 4.98 Å². The normalized spacial score (nSPS) is 11.5. The number of nitrogens with zero attached hydrogens (tertiary/aromatic N) is 1. The van der Waals surface area contributed by atoms with Gasteiger partial charge in [-0.3, -0.25) is 4.18 Å². The van der Waals surface area contributed by atoms with Gasteiger partial charge in [0.05, 0.1) is 24.3 Å². The van der Waals surface area contributed by atoms with Crippen LogP contribution in [0, 0.1) is 11.3 Å². The second-order valence-corrected chi connectivity index (χ2v) is 4.79. The molecule has 0 amide bonds. The lowest BCUT2D eigenvalue weighted by Gasteiger charge is -2.03. The molecule has 0 radical (unpaired) electrons. The molecule has 2 rings (SSSR count). The fourth-order valence-corrected chi connectivity index (χ4v) is 2.36.